The molecule has 2 N–H and O–H groups in total. The van der Waals surface area contributed by atoms with Crippen LogP contribution in [0.15, 0.2) is 18.2 Å². The lowest BCUT2D eigenvalue weighted by atomic mass is 9.81. The molecule has 1 aliphatic heterocycles. The number of hydrogen-bond acceptors (Lipinski definition) is 5. The van der Waals surface area contributed by atoms with Crippen LogP contribution in [0.3, 0.4) is 0 Å². The van der Waals surface area contributed by atoms with Crippen molar-refractivity contribution in [3.05, 3.63) is 23.8 Å². The first-order valence-electron chi connectivity index (χ1n) is 6.20. The van der Waals surface area contributed by atoms with Crippen LogP contribution >= 0.6 is 0 Å². The summed E-state index contributed by atoms with van der Waals surface area (Å²) in [4.78, 5) is 11.8. The normalized spacial score (nSPS) is 15.8. The number of benzene rings is 1. The summed E-state index contributed by atoms with van der Waals surface area (Å²) in [6, 6.07) is 5.01. The monoisotopic (exact) mass is 265 g/mol. The molecule has 1 heterocycles. The first-order chi connectivity index (χ1) is 8.96. The molecule has 0 aliphatic carbocycles. The van der Waals surface area contributed by atoms with E-state index in [1.807, 2.05) is 18.2 Å². The molecule has 0 aromatic heterocycles. The number of esters is 1. The molecular formula is C14H19NO4. The number of rotatable bonds is 3. The van der Waals surface area contributed by atoms with Crippen LogP contribution in [0.4, 0.5) is 0 Å². The topological polar surface area (TPSA) is 70.8 Å². The van der Waals surface area contributed by atoms with E-state index in [0.29, 0.717) is 24.7 Å². The van der Waals surface area contributed by atoms with Crippen LogP contribution in [0.1, 0.15) is 25.5 Å². The van der Waals surface area contributed by atoms with Crippen molar-refractivity contribution >= 4 is 5.97 Å². The maximum absolute atomic E-state index is 11.8. The van der Waals surface area contributed by atoms with Crippen LogP contribution in [0.5, 0.6) is 11.5 Å². The molecular weight excluding hydrogens is 246 g/mol. The quantitative estimate of drug-likeness (QED) is 0.841. The van der Waals surface area contributed by atoms with E-state index in [2.05, 4.69) is 0 Å². The highest BCUT2D eigenvalue weighted by atomic mass is 16.6. The van der Waals surface area contributed by atoms with E-state index in [1.54, 1.807) is 13.8 Å². The zero-order valence-electron chi connectivity index (χ0n) is 11.4. The van der Waals surface area contributed by atoms with Crippen molar-refractivity contribution in [1.29, 1.82) is 0 Å². The van der Waals surface area contributed by atoms with Gasteiger partial charge in [0, 0.05) is 6.04 Å². The van der Waals surface area contributed by atoms with Gasteiger partial charge in [-0.1, -0.05) is 6.07 Å². The van der Waals surface area contributed by atoms with Gasteiger partial charge in [0.25, 0.3) is 0 Å². The zero-order chi connectivity index (χ0) is 14.0. The largest absolute Gasteiger partial charge is 0.486 e. The maximum Gasteiger partial charge on any atom is 0.313 e. The fourth-order valence-electron chi connectivity index (χ4n) is 2.06. The van der Waals surface area contributed by atoms with E-state index in [9.17, 15) is 4.79 Å². The Balaban J connectivity index is 2.29. The van der Waals surface area contributed by atoms with Gasteiger partial charge in [0.1, 0.15) is 13.2 Å². The fourth-order valence-corrected chi connectivity index (χ4v) is 2.06. The molecule has 0 saturated carbocycles. The Bertz CT molecular complexity index is 484. The standard InChI is InChI=1S/C14H19NO4/c1-14(2,13(16)17-3)12(15)9-4-5-10-11(8-9)19-7-6-18-10/h4-5,8,12H,6-7,15H2,1-3H3. The van der Waals surface area contributed by atoms with E-state index in [0.717, 1.165) is 5.56 Å². The van der Waals surface area contributed by atoms with Crippen molar-refractivity contribution in [3.8, 4) is 11.5 Å². The van der Waals surface area contributed by atoms with Crippen LogP contribution < -0.4 is 15.2 Å². The average molecular weight is 265 g/mol. The first kappa shape index (κ1) is 13.7. The molecule has 0 fully saturated rings. The number of methoxy groups -OCH3 is 1. The highest BCUT2D eigenvalue weighted by Gasteiger charge is 2.37. The predicted octanol–water partition coefficient (Wildman–Crippen LogP) is 1.66. The Labute approximate surface area is 112 Å². The summed E-state index contributed by atoms with van der Waals surface area (Å²) in [6.07, 6.45) is 0. The minimum atomic E-state index is -0.807. The van der Waals surface area contributed by atoms with E-state index in [1.165, 1.54) is 7.11 Å². The Hall–Kier alpha value is -1.75. The number of hydrogen-bond donors (Lipinski definition) is 1. The highest BCUT2D eigenvalue weighted by molar-refractivity contribution is 5.77. The Morgan fingerprint density at radius 3 is 2.58 bits per heavy atom. The predicted molar refractivity (Wildman–Crippen MR) is 70.2 cm³/mol. The highest BCUT2D eigenvalue weighted by Crippen LogP contribution is 2.37. The molecule has 104 valence electrons. The number of nitrogens with two attached hydrogens (primary N) is 1. The molecule has 5 nitrogen and oxygen atoms in total. The SMILES string of the molecule is COC(=O)C(C)(C)C(N)c1ccc2c(c1)OCCO2. The third kappa shape index (κ3) is 2.51. The van der Waals surface area contributed by atoms with Gasteiger partial charge in [0.15, 0.2) is 11.5 Å². The summed E-state index contributed by atoms with van der Waals surface area (Å²) >= 11 is 0. The van der Waals surface area contributed by atoms with Crippen molar-refractivity contribution in [2.45, 2.75) is 19.9 Å². The molecule has 0 spiro atoms. The molecule has 1 atom stereocenters. The second-order valence-corrected chi connectivity index (χ2v) is 5.09. The Morgan fingerprint density at radius 1 is 1.32 bits per heavy atom. The van der Waals surface area contributed by atoms with Crippen molar-refractivity contribution in [2.75, 3.05) is 20.3 Å². The van der Waals surface area contributed by atoms with Crippen molar-refractivity contribution in [3.63, 3.8) is 0 Å². The Kier molecular flexibility index (Phi) is 3.66. The van der Waals surface area contributed by atoms with Crippen LogP contribution in [0.25, 0.3) is 0 Å². The molecule has 2 rings (SSSR count). The van der Waals surface area contributed by atoms with Crippen molar-refractivity contribution in [1.82, 2.24) is 0 Å². The van der Waals surface area contributed by atoms with E-state index < -0.39 is 11.5 Å². The summed E-state index contributed by atoms with van der Waals surface area (Å²) in [7, 11) is 1.36. The molecule has 1 aliphatic rings. The van der Waals surface area contributed by atoms with Gasteiger partial charge < -0.3 is 19.9 Å². The van der Waals surface area contributed by atoms with Crippen LogP contribution in [0.2, 0.25) is 0 Å². The average Bonchev–Trinajstić information content (AvgIpc) is 2.44. The lowest BCUT2D eigenvalue weighted by Gasteiger charge is -2.29. The van der Waals surface area contributed by atoms with Crippen molar-refractivity contribution < 1.29 is 19.0 Å². The number of carbonyl (C=O) groups is 1. The summed E-state index contributed by atoms with van der Waals surface area (Å²) in [5, 5.41) is 0. The molecule has 1 aromatic rings. The number of carbonyl (C=O) groups excluding carboxylic acids is 1. The second-order valence-electron chi connectivity index (χ2n) is 5.09. The molecule has 0 saturated heterocycles. The van der Waals surface area contributed by atoms with E-state index in [-0.39, 0.29) is 5.97 Å². The third-order valence-corrected chi connectivity index (χ3v) is 3.41. The third-order valence-electron chi connectivity index (χ3n) is 3.41. The lowest BCUT2D eigenvalue weighted by molar-refractivity contribution is -0.152. The fraction of sp³-hybridized carbons (Fsp3) is 0.500. The molecule has 0 bridgehead atoms. The molecule has 1 aromatic carbocycles. The van der Waals surface area contributed by atoms with Crippen LogP contribution in [-0.2, 0) is 9.53 Å². The first-order valence-corrected chi connectivity index (χ1v) is 6.20. The molecule has 0 amide bonds. The summed E-state index contributed by atoms with van der Waals surface area (Å²) in [5.74, 6) is 1.04. The van der Waals surface area contributed by atoms with Gasteiger partial charge in [-0.05, 0) is 31.5 Å². The van der Waals surface area contributed by atoms with Crippen LogP contribution in [-0.4, -0.2) is 26.3 Å². The van der Waals surface area contributed by atoms with Gasteiger partial charge in [0.05, 0.1) is 12.5 Å². The van der Waals surface area contributed by atoms with Gasteiger partial charge in [0.2, 0.25) is 0 Å². The van der Waals surface area contributed by atoms with Crippen molar-refractivity contribution in [2.24, 2.45) is 11.1 Å². The summed E-state index contributed by atoms with van der Waals surface area (Å²) in [5.41, 5.74) is 6.20. The zero-order valence-corrected chi connectivity index (χ0v) is 11.4. The second kappa shape index (κ2) is 5.09. The van der Waals surface area contributed by atoms with Gasteiger partial charge in [-0.3, -0.25) is 4.79 Å². The van der Waals surface area contributed by atoms with Gasteiger partial charge in [-0.2, -0.15) is 0 Å². The minimum Gasteiger partial charge on any atom is -0.486 e. The maximum atomic E-state index is 11.8. The summed E-state index contributed by atoms with van der Waals surface area (Å²) in [6.45, 7) is 4.60. The van der Waals surface area contributed by atoms with Crippen LogP contribution in [0, 0.1) is 5.41 Å². The number of ether oxygens (including phenoxy) is 3. The van der Waals surface area contributed by atoms with Gasteiger partial charge >= 0.3 is 5.97 Å². The molecule has 5 heteroatoms. The molecule has 1 unspecified atom stereocenters. The van der Waals surface area contributed by atoms with Gasteiger partial charge in [-0.25, -0.2) is 0 Å². The number of fused-ring (bicyclic) bond motifs is 1. The summed E-state index contributed by atoms with van der Waals surface area (Å²) < 4.78 is 15.8. The van der Waals surface area contributed by atoms with Gasteiger partial charge in [-0.15, -0.1) is 0 Å². The minimum absolute atomic E-state index is 0.338. The molecule has 0 radical (unpaired) electrons. The van der Waals surface area contributed by atoms with E-state index >= 15 is 0 Å². The lowest BCUT2D eigenvalue weighted by Crippen LogP contribution is -2.37. The Morgan fingerprint density at radius 2 is 1.95 bits per heavy atom. The van der Waals surface area contributed by atoms with E-state index in [4.69, 9.17) is 19.9 Å². The smallest absolute Gasteiger partial charge is 0.313 e. The molecule has 19 heavy (non-hydrogen) atoms.